The third kappa shape index (κ3) is 3.46. The van der Waals surface area contributed by atoms with Gasteiger partial charge < -0.3 is 16.4 Å². The predicted molar refractivity (Wildman–Crippen MR) is 60.7 cm³/mol. The van der Waals surface area contributed by atoms with Crippen LogP contribution in [0.2, 0.25) is 0 Å². The number of primary amides is 1. The number of pyridine rings is 1. The molecule has 1 rings (SSSR count). The molecule has 1 aromatic heterocycles. The van der Waals surface area contributed by atoms with E-state index in [0.29, 0.717) is 0 Å². The Morgan fingerprint density at radius 2 is 2.40 bits per heavy atom. The van der Waals surface area contributed by atoms with Crippen molar-refractivity contribution in [2.24, 2.45) is 5.73 Å². The highest BCUT2D eigenvalue weighted by Gasteiger charge is 2.07. The van der Waals surface area contributed by atoms with Gasteiger partial charge in [0.05, 0.1) is 0 Å². The highest BCUT2D eigenvalue weighted by Crippen LogP contribution is 2.12. The van der Waals surface area contributed by atoms with Crippen molar-refractivity contribution >= 4 is 17.4 Å². The average molecular weight is 208 g/mol. The second-order valence-electron chi connectivity index (χ2n) is 3.23. The molecule has 1 aromatic rings. The summed E-state index contributed by atoms with van der Waals surface area (Å²) in [6, 6.07) is 3.24. The lowest BCUT2D eigenvalue weighted by Gasteiger charge is -2.12. The summed E-state index contributed by atoms with van der Waals surface area (Å²) in [4.78, 5) is 15.0. The molecule has 5 heteroatoms. The van der Waals surface area contributed by atoms with Crippen LogP contribution in [0.5, 0.6) is 0 Å². The first-order valence-electron chi connectivity index (χ1n) is 4.89. The molecule has 0 saturated heterocycles. The van der Waals surface area contributed by atoms with Crippen molar-refractivity contribution in [2.75, 3.05) is 17.2 Å². The first kappa shape index (κ1) is 11.3. The molecule has 0 aliphatic heterocycles. The number of nitrogens with one attached hydrogen (secondary N) is 2. The Morgan fingerprint density at radius 1 is 1.67 bits per heavy atom. The smallest absolute Gasteiger partial charge is 0.239 e. The topological polar surface area (TPSA) is 80.0 Å². The summed E-state index contributed by atoms with van der Waals surface area (Å²) in [5, 5.41) is 6.07. The maximum absolute atomic E-state index is 10.8. The standard InChI is InChI=1S/C10H16N4O/c1-3-12-9-6-8(4-5-13-9)14-7(2)10(11)15/h4-7H,3H2,1-2H3,(H2,11,15)(H2,12,13,14). The van der Waals surface area contributed by atoms with E-state index in [4.69, 9.17) is 5.73 Å². The van der Waals surface area contributed by atoms with Crippen LogP contribution in [0.15, 0.2) is 18.3 Å². The van der Waals surface area contributed by atoms with E-state index in [-0.39, 0.29) is 11.9 Å². The molecule has 82 valence electrons. The zero-order valence-corrected chi connectivity index (χ0v) is 8.95. The van der Waals surface area contributed by atoms with Gasteiger partial charge in [0.15, 0.2) is 0 Å². The molecule has 1 amide bonds. The van der Waals surface area contributed by atoms with Crippen molar-refractivity contribution < 1.29 is 4.79 Å². The van der Waals surface area contributed by atoms with E-state index in [1.807, 2.05) is 13.0 Å². The molecule has 1 unspecified atom stereocenters. The number of nitrogens with two attached hydrogens (primary N) is 1. The molecular formula is C10H16N4O. The Bertz CT molecular complexity index is 340. The maximum atomic E-state index is 10.8. The molecule has 0 aliphatic rings. The summed E-state index contributed by atoms with van der Waals surface area (Å²) >= 11 is 0. The molecule has 0 fully saturated rings. The minimum atomic E-state index is -0.387. The van der Waals surface area contributed by atoms with E-state index in [2.05, 4.69) is 15.6 Å². The van der Waals surface area contributed by atoms with E-state index in [1.165, 1.54) is 0 Å². The number of anilines is 2. The number of rotatable bonds is 5. The van der Waals surface area contributed by atoms with Crippen LogP contribution >= 0.6 is 0 Å². The molecule has 0 spiro atoms. The maximum Gasteiger partial charge on any atom is 0.239 e. The first-order chi connectivity index (χ1) is 7.13. The zero-order chi connectivity index (χ0) is 11.3. The molecule has 0 bridgehead atoms. The number of nitrogens with zero attached hydrogens (tertiary/aromatic N) is 1. The van der Waals surface area contributed by atoms with Crippen molar-refractivity contribution in [3.8, 4) is 0 Å². The van der Waals surface area contributed by atoms with Crippen LogP contribution in [0.1, 0.15) is 13.8 Å². The lowest BCUT2D eigenvalue weighted by molar-refractivity contribution is -0.118. The average Bonchev–Trinajstić information content (AvgIpc) is 2.18. The fourth-order valence-electron chi connectivity index (χ4n) is 1.12. The van der Waals surface area contributed by atoms with E-state index >= 15 is 0 Å². The van der Waals surface area contributed by atoms with Gasteiger partial charge in [0.25, 0.3) is 0 Å². The number of carbonyl (C=O) groups excluding carboxylic acids is 1. The number of hydrogen-bond donors (Lipinski definition) is 3. The predicted octanol–water partition coefficient (Wildman–Crippen LogP) is 0.799. The minimum Gasteiger partial charge on any atom is -0.374 e. The summed E-state index contributed by atoms with van der Waals surface area (Å²) in [7, 11) is 0. The van der Waals surface area contributed by atoms with Gasteiger partial charge in [0.1, 0.15) is 11.9 Å². The Kier molecular flexibility index (Phi) is 3.91. The Morgan fingerprint density at radius 3 is 3.00 bits per heavy atom. The van der Waals surface area contributed by atoms with E-state index < -0.39 is 0 Å². The number of carbonyl (C=O) groups is 1. The second kappa shape index (κ2) is 5.19. The highest BCUT2D eigenvalue weighted by atomic mass is 16.1. The second-order valence-corrected chi connectivity index (χ2v) is 3.23. The van der Waals surface area contributed by atoms with Crippen molar-refractivity contribution in [1.29, 1.82) is 0 Å². The third-order valence-corrected chi connectivity index (χ3v) is 1.93. The van der Waals surface area contributed by atoms with Crippen LogP contribution in [-0.2, 0) is 4.79 Å². The summed E-state index contributed by atoms with van der Waals surface area (Å²) in [5.74, 6) is 0.399. The molecule has 0 aromatic carbocycles. The van der Waals surface area contributed by atoms with Crippen LogP contribution in [0.4, 0.5) is 11.5 Å². The Labute approximate surface area is 89.1 Å². The zero-order valence-electron chi connectivity index (χ0n) is 8.95. The molecule has 0 radical (unpaired) electrons. The fourth-order valence-corrected chi connectivity index (χ4v) is 1.12. The summed E-state index contributed by atoms with van der Waals surface area (Å²) in [5.41, 5.74) is 5.97. The van der Waals surface area contributed by atoms with Crippen LogP contribution in [0, 0.1) is 0 Å². The third-order valence-electron chi connectivity index (χ3n) is 1.93. The van der Waals surface area contributed by atoms with Gasteiger partial charge in [-0.3, -0.25) is 4.79 Å². The fraction of sp³-hybridized carbons (Fsp3) is 0.400. The summed E-state index contributed by atoms with van der Waals surface area (Å²) in [6.07, 6.45) is 1.67. The van der Waals surface area contributed by atoms with Crippen LogP contribution < -0.4 is 16.4 Å². The quantitative estimate of drug-likeness (QED) is 0.668. The molecule has 4 N–H and O–H groups in total. The van der Waals surface area contributed by atoms with E-state index in [0.717, 1.165) is 18.1 Å². The summed E-state index contributed by atoms with van der Waals surface area (Å²) in [6.45, 7) is 4.52. The SMILES string of the molecule is CCNc1cc(NC(C)C(N)=O)ccn1. The van der Waals surface area contributed by atoms with Crippen LogP contribution in [0.25, 0.3) is 0 Å². The Balaban J connectivity index is 2.68. The monoisotopic (exact) mass is 208 g/mol. The Hall–Kier alpha value is -1.78. The van der Waals surface area contributed by atoms with Crippen molar-refractivity contribution in [3.05, 3.63) is 18.3 Å². The molecule has 1 heterocycles. The molecule has 15 heavy (non-hydrogen) atoms. The van der Waals surface area contributed by atoms with Crippen LogP contribution in [-0.4, -0.2) is 23.5 Å². The van der Waals surface area contributed by atoms with Gasteiger partial charge in [-0.05, 0) is 19.9 Å². The number of amides is 1. The van der Waals surface area contributed by atoms with Gasteiger partial charge in [-0.2, -0.15) is 0 Å². The van der Waals surface area contributed by atoms with E-state index in [9.17, 15) is 4.79 Å². The molecule has 0 aliphatic carbocycles. The lowest BCUT2D eigenvalue weighted by Crippen LogP contribution is -2.32. The minimum absolute atomic E-state index is 0.378. The summed E-state index contributed by atoms with van der Waals surface area (Å²) < 4.78 is 0. The molecule has 1 atom stereocenters. The van der Waals surface area contributed by atoms with Crippen molar-refractivity contribution in [3.63, 3.8) is 0 Å². The van der Waals surface area contributed by atoms with Gasteiger partial charge in [0, 0.05) is 24.5 Å². The van der Waals surface area contributed by atoms with Gasteiger partial charge in [-0.25, -0.2) is 4.98 Å². The molecule has 5 nitrogen and oxygen atoms in total. The van der Waals surface area contributed by atoms with Gasteiger partial charge in [0.2, 0.25) is 5.91 Å². The van der Waals surface area contributed by atoms with Crippen molar-refractivity contribution in [2.45, 2.75) is 19.9 Å². The lowest BCUT2D eigenvalue weighted by atomic mass is 10.3. The molecular weight excluding hydrogens is 192 g/mol. The first-order valence-corrected chi connectivity index (χ1v) is 4.89. The van der Waals surface area contributed by atoms with Crippen LogP contribution in [0.3, 0.4) is 0 Å². The highest BCUT2D eigenvalue weighted by molar-refractivity contribution is 5.82. The van der Waals surface area contributed by atoms with E-state index in [1.54, 1.807) is 19.2 Å². The number of aromatic nitrogens is 1. The van der Waals surface area contributed by atoms with Gasteiger partial charge in [-0.1, -0.05) is 0 Å². The molecule has 0 saturated carbocycles. The van der Waals surface area contributed by atoms with Crippen molar-refractivity contribution in [1.82, 2.24) is 4.98 Å². The van der Waals surface area contributed by atoms with Gasteiger partial charge >= 0.3 is 0 Å². The normalized spacial score (nSPS) is 11.9. The largest absolute Gasteiger partial charge is 0.374 e. The van der Waals surface area contributed by atoms with Gasteiger partial charge in [-0.15, -0.1) is 0 Å². The number of hydrogen-bond acceptors (Lipinski definition) is 4.